The minimum Gasteiger partial charge on any atom is -0.0921 e. The van der Waals surface area contributed by atoms with Crippen LogP contribution in [0.5, 0.6) is 0 Å². The molecule has 0 nitrogen and oxygen atoms in total. The van der Waals surface area contributed by atoms with E-state index in [1.54, 1.807) is 0 Å². The summed E-state index contributed by atoms with van der Waals surface area (Å²) in [6, 6.07) is 14.8. The Labute approximate surface area is 136 Å². The third-order valence-electron chi connectivity index (χ3n) is 3.22. The molecule has 0 aliphatic rings. The molecular formula is C16H15Br2Cl. The molecule has 100 valence electrons. The quantitative estimate of drug-likeness (QED) is 0.540. The molecule has 0 amide bonds. The molecule has 3 heteroatoms. The SMILES string of the molecule is Cc1ccc(C(CBr)Cc2ccc(Br)cc2Cl)cc1. The molecule has 0 saturated heterocycles. The molecular weight excluding hydrogens is 387 g/mol. The van der Waals surface area contributed by atoms with E-state index in [0.29, 0.717) is 5.92 Å². The van der Waals surface area contributed by atoms with Crippen LogP contribution in [0.4, 0.5) is 0 Å². The molecule has 0 saturated carbocycles. The number of aryl methyl sites for hydroxylation is 1. The van der Waals surface area contributed by atoms with Gasteiger partial charge in [0.25, 0.3) is 0 Å². The van der Waals surface area contributed by atoms with Crippen molar-refractivity contribution >= 4 is 43.5 Å². The second kappa shape index (κ2) is 6.92. The van der Waals surface area contributed by atoms with Crippen LogP contribution in [0.2, 0.25) is 5.02 Å². The molecule has 2 rings (SSSR count). The predicted octanol–water partition coefficient (Wildman–Crippen LogP) is 6.13. The van der Waals surface area contributed by atoms with Gasteiger partial charge in [0.1, 0.15) is 0 Å². The highest BCUT2D eigenvalue weighted by Crippen LogP contribution is 2.28. The zero-order chi connectivity index (χ0) is 13.8. The first kappa shape index (κ1) is 15.1. The lowest BCUT2D eigenvalue weighted by atomic mass is 9.93. The van der Waals surface area contributed by atoms with Gasteiger partial charge >= 0.3 is 0 Å². The summed E-state index contributed by atoms with van der Waals surface area (Å²) in [5, 5.41) is 1.76. The van der Waals surface area contributed by atoms with Crippen molar-refractivity contribution in [2.24, 2.45) is 0 Å². The van der Waals surface area contributed by atoms with Crippen LogP contribution in [0.3, 0.4) is 0 Å². The number of benzene rings is 2. The summed E-state index contributed by atoms with van der Waals surface area (Å²) >= 11 is 13.4. The van der Waals surface area contributed by atoms with Gasteiger partial charge in [0.15, 0.2) is 0 Å². The molecule has 0 radical (unpaired) electrons. The molecule has 0 aromatic heterocycles. The van der Waals surface area contributed by atoms with Crippen molar-refractivity contribution in [3.63, 3.8) is 0 Å². The van der Waals surface area contributed by atoms with Crippen molar-refractivity contribution < 1.29 is 0 Å². The molecule has 2 aromatic rings. The van der Waals surface area contributed by atoms with Crippen molar-refractivity contribution in [1.29, 1.82) is 0 Å². The van der Waals surface area contributed by atoms with Crippen LogP contribution in [-0.2, 0) is 6.42 Å². The highest BCUT2D eigenvalue weighted by Gasteiger charge is 2.13. The van der Waals surface area contributed by atoms with Crippen molar-refractivity contribution in [1.82, 2.24) is 0 Å². The molecule has 1 atom stereocenters. The Morgan fingerprint density at radius 2 is 1.79 bits per heavy atom. The lowest BCUT2D eigenvalue weighted by Crippen LogP contribution is -2.05. The van der Waals surface area contributed by atoms with Crippen LogP contribution < -0.4 is 0 Å². The lowest BCUT2D eigenvalue weighted by molar-refractivity contribution is 0.775. The third-order valence-corrected chi connectivity index (χ3v) is 4.84. The van der Waals surface area contributed by atoms with E-state index >= 15 is 0 Å². The van der Waals surface area contributed by atoms with Gasteiger partial charge in [0.05, 0.1) is 0 Å². The fourth-order valence-electron chi connectivity index (χ4n) is 2.05. The molecule has 0 bridgehead atoms. The number of hydrogen-bond acceptors (Lipinski definition) is 0. The number of halogens is 3. The van der Waals surface area contributed by atoms with Crippen LogP contribution in [0.1, 0.15) is 22.6 Å². The molecule has 1 unspecified atom stereocenters. The first-order valence-electron chi connectivity index (χ1n) is 6.16. The topological polar surface area (TPSA) is 0 Å². The fraction of sp³-hybridized carbons (Fsp3) is 0.250. The molecule has 19 heavy (non-hydrogen) atoms. The van der Waals surface area contributed by atoms with E-state index in [2.05, 4.69) is 69.1 Å². The average molecular weight is 403 g/mol. The Bertz CT molecular complexity index is 549. The smallest absolute Gasteiger partial charge is 0.0449 e. The maximum Gasteiger partial charge on any atom is 0.0449 e. The van der Waals surface area contributed by atoms with E-state index in [0.717, 1.165) is 21.2 Å². The van der Waals surface area contributed by atoms with Crippen molar-refractivity contribution in [2.45, 2.75) is 19.3 Å². The maximum absolute atomic E-state index is 6.30. The minimum atomic E-state index is 0.444. The van der Waals surface area contributed by atoms with Gasteiger partial charge < -0.3 is 0 Å². The molecule has 0 N–H and O–H groups in total. The summed E-state index contributed by atoms with van der Waals surface area (Å²) < 4.78 is 1.02. The van der Waals surface area contributed by atoms with E-state index in [9.17, 15) is 0 Å². The standard InChI is InChI=1S/C16H15Br2Cl/c1-11-2-4-12(5-3-11)14(10-17)8-13-6-7-15(18)9-16(13)19/h2-7,9,14H,8,10H2,1H3. The van der Waals surface area contributed by atoms with E-state index in [1.807, 2.05) is 12.1 Å². The molecule has 2 aromatic carbocycles. The second-order valence-corrected chi connectivity index (χ2v) is 6.67. The van der Waals surface area contributed by atoms with Crippen LogP contribution in [0.15, 0.2) is 46.9 Å². The second-order valence-electron chi connectivity index (χ2n) is 4.70. The van der Waals surface area contributed by atoms with Crippen LogP contribution in [0, 0.1) is 6.92 Å². The third kappa shape index (κ3) is 4.08. The highest BCUT2D eigenvalue weighted by molar-refractivity contribution is 9.10. The number of hydrogen-bond donors (Lipinski definition) is 0. The summed E-state index contributed by atoms with van der Waals surface area (Å²) in [4.78, 5) is 0. The Hall–Kier alpha value is -0.310. The highest BCUT2D eigenvalue weighted by atomic mass is 79.9. The van der Waals surface area contributed by atoms with E-state index in [4.69, 9.17) is 11.6 Å². The molecule has 0 aliphatic carbocycles. The minimum absolute atomic E-state index is 0.444. The van der Waals surface area contributed by atoms with Crippen LogP contribution in [-0.4, -0.2) is 5.33 Å². The van der Waals surface area contributed by atoms with Crippen molar-refractivity contribution in [2.75, 3.05) is 5.33 Å². The van der Waals surface area contributed by atoms with Gasteiger partial charge in [-0.05, 0) is 42.5 Å². The Balaban J connectivity index is 2.21. The molecule has 0 spiro atoms. The number of rotatable bonds is 4. The lowest BCUT2D eigenvalue weighted by Gasteiger charge is -2.16. The Kier molecular flexibility index (Phi) is 5.49. The maximum atomic E-state index is 6.30. The van der Waals surface area contributed by atoms with Crippen LogP contribution in [0.25, 0.3) is 0 Å². The predicted molar refractivity (Wildman–Crippen MR) is 90.6 cm³/mol. The van der Waals surface area contributed by atoms with Crippen molar-refractivity contribution in [3.8, 4) is 0 Å². The van der Waals surface area contributed by atoms with Gasteiger partial charge in [0.2, 0.25) is 0 Å². The Morgan fingerprint density at radius 3 is 2.37 bits per heavy atom. The zero-order valence-electron chi connectivity index (χ0n) is 10.7. The first-order valence-corrected chi connectivity index (χ1v) is 8.46. The molecule has 0 heterocycles. The summed E-state index contributed by atoms with van der Waals surface area (Å²) in [6.45, 7) is 2.11. The van der Waals surface area contributed by atoms with E-state index in [-0.39, 0.29) is 0 Å². The van der Waals surface area contributed by atoms with Gasteiger partial charge in [0, 0.05) is 14.8 Å². The monoisotopic (exact) mass is 400 g/mol. The Morgan fingerprint density at radius 1 is 1.11 bits per heavy atom. The van der Waals surface area contributed by atoms with Gasteiger partial charge in [-0.1, -0.05) is 79.4 Å². The summed E-state index contributed by atoms with van der Waals surface area (Å²) in [6.07, 6.45) is 0.945. The summed E-state index contributed by atoms with van der Waals surface area (Å²) in [7, 11) is 0. The van der Waals surface area contributed by atoms with Gasteiger partial charge in [-0.25, -0.2) is 0 Å². The molecule has 0 aliphatic heterocycles. The van der Waals surface area contributed by atoms with Gasteiger partial charge in [-0.2, -0.15) is 0 Å². The van der Waals surface area contributed by atoms with Crippen LogP contribution >= 0.6 is 43.5 Å². The van der Waals surface area contributed by atoms with Gasteiger partial charge in [-0.3, -0.25) is 0 Å². The molecule has 0 fully saturated rings. The summed E-state index contributed by atoms with van der Waals surface area (Å²) in [5.74, 6) is 0.444. The largest absolute Gasteiger partial charge is 0.0921 e. The normalized spacial score (nSPS) is 12.4. The van der Waals surface area contributed by atoms with Gasteiger partial charge in [-0.15, -0.1) is 0 Å². The zero-order valence-corrected chi connectivity index (χ0v) is 14.6. The number of alkyl halides is 1. The first-order chi connectivity index (χ1) is 9.10. The average Bonchev–Trinajstić information content (AvgIpc) is 2.39. The van der Waals surface area contributed by atoms with E-state index in [1.165, 1.54) is 16.7 Å². The summed E-state index contributed by atoms with van der Waals surface area (Å²) in [5.41, 5.74) is 3.83. The fourth-order valence-corrected chi connectivity index (χ4v) is 3.41. The van der Waals surface area contributed by atoms with E-state index < -0.39 is 0 Å². The van der Waals surface area contributed by atoms with Crippen molar-refractivity contribution in [3.05, 3.63) is 68.7 Å².